The first kappa shape index (κ1) is 19.2. The van der Waals surface area contributed by atoms with Gasteiger partial charge in [-0.3, -0.25) is 9.36 Å². The SMILES string of the molecule is CCCCCCCCn1c(=C(C#N)C#N)s/c(=C\c2cccs2)c1=O. The smallest absolute Gasteiger partial charge is 0.269 e. The van der Waals surface area contributed by atoms with Gasteiger partial charge in [-0.05, 0) is 23.9 Å². The van der Waals surface area contributed by atoms with Gasteiger partial charge in [-0.1, -0.05) is 45.1 Å². The summed E-state index contributed by atoms with van der Waals surface area (Å²) in [6, 6.07) is 7.72. The molecule has 0 aliphatic heterocycles. The largest absolute Gasteiger partial charge is 0.297 e. The molecular formula is C19H21N3OS2. The first-order valence-corrected chi connectivity index (χ1v) is 10.2. The van der Waals surface area contributed by atoms with E-state index in [1.54, 1.807) is 15.9 Å². The minimum atomic E-state index is -0.107. The molecule has 6 heteroatoms. The summed E-state index contributed by atoms with van der Waals surface area (Å²) in [7, 11) is 0. The molecule has 0 N–H and O–H groups in total. The number of rotatable bonds is 8. The van der Waals surface area contributed by atoms with Crippen LogP contribution in [0.15, 0.2) is 22.3 Å². The van der Waals surface area contributed by atoms with Crippen molar-refractivity contribution in [1.29, 1.82) is 10.5 Å². The van der Waals surface area contributed by atoms with E-state index in [-0.39, 0.29) is 11.1 Å². The minimum absolute atomic E-state index is 0.0129. The van der Waals surface area contributed by atoms with Crippen LogP contribution in [0, 0.1) is 22.7 Å². The molecule has 2 aromatic rings. The van der Waals surface area contributed by atoms with Crippen LogP contribution in [0.2, 0.25) is 0 Å². The van der Waals surface area contributed by atoms with Gasteiger partial charge in [0.2, 0.25) is 0 Å². The van der Waals surface area contributed by atoms with Crippen LogP contribution in [0.5, 0.6) is 0 Å². The molecule has 0 radical (unpaired) electrons. The Bertz CT molecular complexity index is 921. The van der Waals surface area contributed by atoms with Gasteiger partial charge in [0.1, 0.15) is 16.8 Å². The van der Waals surface area contributed by atoms with Crippen LogP contribution < -0.4 is 14.8 Å². The zero-order valence-electron chi connectivity index (χ0n) is 14.3. The predicted octanol–water partition coefficient (Wildman–Crippen LogP) is 3.36. The maximum Gasteiger partial charge on any atom is 0.269 e. The highest BCUT2D eigenvalue weighted by Crippen LogP contribution is 2.08. The van der Waals surface area contributed by atoms with E-state index in [4.69, 9.17) is 0 Å². The van der Waals surface area contributed by atoms with E-state index in [9.17, 15) is 15.3 Å². The van der Waals surface area contributed by atoms with Crippen molar-refractivity contribution >= 4 is 34.3 Å². The molecule has 0 aliphatic carbocycles. The summed E-state index contributed by atoms with van der Waals surface area (Å²) in [5, 5.41) is 20.4. The summed E-state index contributed by atoms with van der Waals surface area (Å²) < 4.78 is 2.66. The highest BCUT2D eigenvalue weighted by molar-refractivity contribution is 7.11. The predicted molar refractivity (Wildman–Crippen MR) is 104 cm³/mol. The Morgan fingerprint density at radius 2 is 1.92 bits per heavy atom. The summed E-state index contributed by atoms with van der Waals surface area (Å²) in [5.74, 6) is 0. The number of unbranched alkanes of at least 4 members (excludes halogenated alkanes) is 5. The molecule has 0 aliphatic rings. The number of thiophene rings is 1. The molecule has 4 nitrogen and oxygen atoms in total. The van der Waals surface area contributed by atoms with Gasteiger partial charge in [0.15, 0.2) is 5.57 Å². The van der Waals surface area contributed by atoms with Gasteiger partial charge < -0.3 is 0 Å². The summed E-state index contributed by atoms with van der Waals surface area (Å²) in [6.45, 7) is 2.74. The fourth-order valence-corrected chi connectivity index (χ4v) is 4.38. The lowest BCUT2D eigenvalue weighted by Gasteiger charge is -2.02. The molecule has 2 aromatic heterocycles. The topological polar surface area (TPSA) is 69.6 Å². The summed E-state index contributed by atoms with van der Waals surface area (Å²) in [4.78, 5) is 13.7. The van der Waals surface area contributed by atoms with Crippen LogP contribution in [0.4, 0.5) is 0 Å². The molecule has 2 heterocycles. The third kappa shape index (κ3) is 5.16. The normalized spacial score (nSPS) is 11.2. The Hall–Kier alpha value is -2.15. The third-order valence-corrected chi connectivity index (χ3v) is 5.85. The number of hydrogen-bond acceptors (Lipinski definition) is 5. The van der Waals surface area contributed by atoms with Crippen molar-refractivity contribution < 1.29 is 0 Å². The Labute approximate surface area is 155 Å². The average molecular weight is 372 g/mol. The van der Waals surface area contributed by atoms with Crippen LogP contribution in [0.3, 0.4) is 0 Å². The first-order valence-electron chi connectivity index (χ1n) is 8.50. The third-order valence-electron chi connectivity index (χ3n) is 3.90. The number of hydrogen-bond donors (Lipinski definition) is 0. The van der Waals surface area contributed by atoms with Crippen LogP contribution in [0.25, 0.3) is 11.6 Å². The van der Waals surface area contributed by atoms with E-state index in [1.807, 2.05) is 35.7 Å². The quantitative estimate of drug-likeness (QED) is 0.668. The van der Waals surface area contributed by atoms with Crippen molar-refractivity contribution in [2.24, 2.45) is 0 Å². The second-order valence-corrected chi connectivity index (χ2v) is 7.76. The van der Waals surface area contributed by atoms with Crippen LogP contribution in [0.1, 0.15) is 50.3 Å². The van der Waals surface area contributed by atoms with Gasteiger partial charge in [-0.15, -0.1) is 22.7 Å². The Morgan fingerprint density at radius 3 is 2.56 bits per heavy atom. The lowest BCUT2D eigenvalue weighted by Crippen LogP contribution is -2.32. The van der Waals surface area contributed by atoms with Gasteiger partial charge in [-0.25, -0.2) is 0 Å². The van der Waals surface area contributed by atoms with Crippen molar-refractivity contribution in [3.05, 3.63) is 41.9 Å². The van der Waals surface area contributed by atoms with Crippen molar-refractivity contribution in [3.63, 3.8) is 0 Å². The van der Waals surface area contributed by atoms with Crippen molar-refractivity contribution in [2.75, 3.05) is 0 Å². The summed E-state index contributed by atoms with van der Waals surface area (Å²) in [5.41, 5.74) is -0.0936. The molecule has 0 bridgehead atoms. The molecule has 0 saturated carbocycles. The molecule has 0 aromatic carbocycles. The number of nitrogens with zero attached hydrogens (tertiary/aromatic N) is 3. The average Bonchev–Trinajstić information content (AvgIpc) is 3.23. The minimum Gasteiger partial charge on any atom is -0.297 e. The molecule has 0 unspecified atom stereocenters. The van der Waals surface area contributed by atoms with Gasteiger partial charge in [0.25, 0.3) is 5.56 Å². The molecule has 0 amide bonds. The van der Waals surface area contributed by atoms with Crippen LogP contribution in [-0.4, -0.2) is 4.57 Å². The number of aromatic nitrogens is 1. The fraction of sp³-hybridized carbons (Fsp3) is 0.421. The van der Waals surface area contributed by atoms with Crippen LogP contribution in [-0.2, 0) is 6.54 Å². The molecule has 0 saturated heterocycles. The molecule has 0 spiro atoms. The van der Waals surface area contributed by atoms with Gasteiger partial charge in [0, 0.05) is 11.4 Å². The van der Waals surface area contributed by atoms with E-state index < -0.39 is 0 Å². The van der Waals surface area contributed by atoms with Gasteiger partial charge in [0.05, 0.1) is 4.53 Å². The fourth-order valence-electron chi connectivity index (χ4n) is 2.58. The van der Waals surface area contributed by atoms with E-state index in [1.165, 1.54) is 30.6 Å². The van der Waals surface area contributed by atoms with Crippen molar-refractivity contribution in [3.8, 4) is 12.1 Å². The maximum absolute atomic E-state index is 12.7. The monoisotopic (exact) mass is 371 g/mol. The zero-order chi connectivity index (χ0) is 18.1. The van der Waals surface area contributed by atoms with Crippen molar-refractivity contribution in [1.82, 2.24) is 4.57 Å². The van der Waals surface area contributed by atoms with Crippen molar-refractivity contribution in [2.45, 2.75) is 52.0 Å². The van der Waals surface area contributed by atoms with E-state index >= 15 is 0 Å². The van der Waals surface area contributed by atoms with Crippen LogP contribution >= 0.6 is 22.7 Å². The number of nitriles is 2. The molecule has 0 atom stereocenters. The molecular weight excluding hydrogens is 350 g/mol. The lowest BCUT2D eigenvalue weighted by atomic mass is 10.1. The van der Waals surface area contributed by atoms with E-state index in [0.29, 0.717) is 15.7 Å². The van der Waals surface area contributed by atoms with Gasteiger partial charge >= 0.3 is 0 Å². The highest BCUT2D eigenvalue weighted by atomic mass is 32.1. The summed E-state index contributed by atoms with van der Waals surface area (Å²) in [6.07, 6.45) is 8.60. The summed E-state index contributed by atoms with van der Waals surface area (Å²) >= 11 is 2.79. The first-order chi connectivity index (χ1) is 12.2. The molecule has 25 heavy (non-hydrogen) atoms. The second-order valence-electron chi connectivity index (χ2n) is 5.75. The Balaban J connectivity index is 2.33. The molecule has 0 fully saturated rings. The standard InChI is InChI=1S/C19H21N3OS2/c1-2-3-4-5-6-7-10-22-18(23)17(12-16-9-8-11-24-16)25-19(22)15(13-20)14-21/h8-9,11-12H,2-7,10H2,1H3/b17-12-. The Morgan fingerprint density at radius 1 is 1.20 bits per heavy atom. The molecule has 2 rings (SSSR count). The number of thiazole rings is 1. The molecule has 130 valence electrons. The van der Waals surface area contributed by atoms with E-state index in [2.05, 4.69) is 6.92 Å². The lowest BCUT2D eigenvalue weighted by molar-refractivity contribution is 0.548. The zero-order valence-corrected chi connectivity index (χ0v) is 16.0. The second kappa shape index (κ2) is 9.98. The highest BCUT2D eigenvalue weighted by Gasteiger charge is 2.09. The van der Waals surface area contributed by atoms with Gasteiger partial charge in [-0.2, -0.15) is 10.5 Å². The maximum atomic E-state index is 12.7. The Kier molecular flexibility index (Phi) is 7.66. The van der Waals surface area contributed by atoms with E-state index in [0.717, 1.165) is 24.1 Å².